The molecule has 1 aromatic heterocycles. The fourth-order valence-corrected chi connectivity index (χ4v) is 4.84. The molecule has 24 heavy (non-hydrogen) atoms. The van der Waals surface area contributed by atoms with Crippen LogP contribution < -0.4 is 10.2 Å². The zero-order valence-corrected chi connectivity index (χ0v) is 14.0. The van der Waals surface area contributed by atoms with Gasteiger partial charge in [0.1, 0.15) is 12.4 Å². The van der Waals surface area contributed by atoms with E-state index in [1.54, 1.807) is 6.07 Å². The summed E-state index contributed by atoms with van der Waals surface area (Å²) in [4.78, 5) is 8.15. The Balaban J connectivity index is 1.47. The number of halogens is 3. The minimum absolute atomic E-state index is 0.322. The summed E-state index contributed by atoms with van der Waals surface area (Å²) in [7, 11) is 1.42. The maximum atomic E-state index is 12.5. The van der Waals surface area contributed by atoms with E-state index in [4.69, 9.17) is 0 Å². The molecule has 3 aliphatic heterocycles. The van der Waals surface area contributed by atoms with Crippen molar-refractivity contribution in [1.29, 1.82) is 0 Å². The van der Waals surface area contributed by atoms with Gasteiger partial charge in [-0.25, -0.2) is 4.98 Å². The van der Waals surface area contributed by atoms with Crippen molar-refractivity contribution in [2.24, 2.45) is 0 Å². The number of nitrogens with one attached hydrogen (secondary N) is 1. The third kappa shape index (κ3) is 2.44. The smallest absolute Gasteiger partial charge is 0.379 e. The van der Waals surface area contributed by atoms with Gasteiger partial charge in [-0.2, -0.15) is 13.2 Å². The van der Waals surface area contributed by atoms with E-state index in [0.717, 1.165) is 22.7 Å². The van der Waals surface area contributed by atoms with Crippen LogP contribution in [0.25, 0.3) is 0 Å². The first-order chi connectivity index (χ1) is 11.3. The Kier molecular flexibility index (Phi) is 3.50. The minimum Gasteiger partial charge on any atom is -0.379 e. The van der Waals surface area contributed by atoms with E-state index in [1.165, 1.54) is 32.9 Å². The summed E-state index contributed by atoms with van der Waals surface area (Å²) in [6, 6.07) is 4.69. The molecule has 0 aromatic carbocycles. The van der Waals surface area contributed by atoms with Crippen molar-refractivity contribution in [1.82, 2.24) is 9.88 Å². The standard InChI is InChI=1S/C17H23F3N4/c1-11-13(3-4-15(21-11)23(2)10-17(18,19)20)22-14-9-12-5-6-16(14)7-8-24(12)16/h3-4,12,14,22H,5-10H2,1-2H3. The molecule has 4 nitrogen and oxygen atoms in total. The second kappa shape index (κ2) is 5.25. The molecule has 3 aliphatic rings. The molecule has 4 rings (SSSR count). The second-order valence-corrected chi connectivity index (χ2v) is 7.45. The number of nitrogens with zero attached hydrogens (tertiary/aromatic N) is 3. The SMILES string of the molecule is Cc1nc(N(C)CC(F)(F)F)ccc1NC1CC2CCC13CCN23. The fourth-order valence-electron chi connectivity index (χ4n) is 4.84. The largest absolute Gasteiger partial charge is 0.405 e. The van der Waals surface area contributed by atoms with Crippen molar-refractivity contribution >= 4 is 11.5 Å². The lowest BCUT2D eigenvalue weighted by Gasteiger charge is -2.49. The van der Waals surface area contributed by atoms with E-state index in [0.29, 0.717) is 23.4 Å². The van der Waals surface area contributed by atoms with Crippen molar-refractivity contribution in [3.8, 4) is 0 Å². The van der Waals surface area contributed by atoms with Gasteiger partial charge in [0.05, 0.1) is 11.4 Å². The van der Waals surface area contributed by atoms with Crippen LogP contribution >= 0.6 is 0 Å². The molecule has 2 bridgehead atoms. The van der Waals surface area contributed by atoms with E-state index in [2.05, 4.69) is 15.2 Å². The number of alkyl halides is 3. The summed E-state index contributed by atoms with van der Waals surface area (Å²) < 4.78 is 37.6. The van der Waals surface area contributed by atoms with Crippen LogP contribution in [0, 0.1) is 6.92 Å². The van der Waals surface area contributed by atoms with Crippen molar-refractivity contribution in [2.45, 2.75) is 56.4 Å². The average Bonchev–Trinajstić information content (AvgIpc) is 2.81. The normalized spacial score (nSPS) is 31.7. The summed E-state index contributed by atoms with van der Waals surface area (Å²) in [5.74, 6) is 0.353. The lowest BCUT2D eigenvalue weighted by atomic mass is 9.77. The highest BCUT2D eigenvalue weighted by atomic mass is 19.4. The molecule has 0 saturated carbocycles. The zero-order valence-electron chi connectivity index (χ0n) is 14.0. The van der Waals surface area contributed by atoms with Gasteiger partial charge >= 0.3 is 6.18 Å². The number of anilines is 2. The van der Waals surface area contributed by atoms with E-state index in [9.17, 15) is 13.2 Å². The van der Waals surface area contributed by atoms with Crippen molar-refractivity contribution in [3.63, 3.8) is 0 Å². The van der Waals surface area contributed by atoms with Crippen LogP contribution in [-0.2, 0) is 0 Å². The molecule has 1 N–H and O–H groups in total. The van der Waals surface area contributed by atoms with Crippen LogP contribution in [0.2, 0.25) is 0 Å². The summed E-state index contributed by atoms with van der Waals surface area (Å²) in [6.07, 6.45) is 0.747. The highest BCUT2D eigenvalue weighted by Crippen LogP contribution is 2.55. The lowest BCUT2D eigenvalue weighted by molar-refractivity contribution is -0.119. The molecule has 3 saturated heterocycles. The molecule has 0 radical (unpaired) electrons. The van der Waals surface area contributed by atoms with E-state index < -0.39 is 12.7 Å². The molecular formula is C17H23F3N4. The molecule has 3 fully saturated rings. The minimum atomic E-state index is -4.23. The third-order valence-electron chi connectivity index (χ3n) is 6.07. The van der Waals surface area contributed by atoms with Crippen LogP contribution in [-0.4, -0.2) is 53.8 Å². The summed E-state index contributed by atoms with van der Waals surface area (Å²) in [6.45, 7) is 2.08. The summed E-state index contributed by atoms with van der Waals surface area (Å²) in [5.41, 5.74) is 2.02. The lowest BCUT2D eigenvalue weighted by Crippen LogP contribution is -2.60. The van der Waals surface area contributed by atoms with Gasteiger partial charge in [0.2, 0.25) is 0 Å². The number of pyridine rings is 1. The number of hydrogen-bond donors (Lipinski definition) is 1. The first kappa shape index (κ1) is 16.0. The van der Waals surface area contributed by atoms with Gasteiger partial charge in [-0.1, -0.05) is 0 Å². The molecule has 3 atom stereocenters. The van der Waals surface area contributed by atoms with Crippen molar-refractivity contribution < 1.29 is 13.2 Å². The quantitative estimate of drug-likeness (QED) is 0.912. The van der Waals surface area contributed by atoms with Crippen LogP contribution in [0.3, 0.4) is 0 Å². The van der Waals surface area contributed by atoms with Crippen LogP contribution in [0.15, 0.2) is 12.1 Å². The monoisotopic (exact) mass is 340 g/mol. The molecule has 4 heterocycles. The molecule has 132 valence electrons. The average molecular weight is 340 g/mol. The zero-order chi connectivity index (χ0) is 17.1. The predicted octanol–water partition coefficient (Wildman–Crippen LogP) is 3.18. The Morgan fingerprint density at radius 3 is 2.71 bits per heavy atom. The Morgan fingerprint density at radius 1 is 1.38 bits per heavy atom. The molecule has 3 unspecified atom stereocenters. The summed E-state index contributed by atoms with van der Waals surface area (Å²) in [5, 5.41) is 3.63. The molecule has 7 heteroatoms. The maximum Gasteiger partial charge on any atom is 0.405 e. The van der Waals surface area contributed by atoms with Gasteiger partial charge in [-0.15, -0.1) is 0 Å². The Hall–Kier alpha value is -1.50. The van der Waals surface area contributed by atoms with Gasteiger partial charge < -0.3 is 10.2 Å². The van der Waals surface area contributed by atoms with Crippen LogP contribution in [0.1, 0.15) is 31.4 Å². The molecular weight excluding hydrogens is 317 g/mol. The Labute approximate surface area is 140 Å². The van der Waals surface area contributed by atoms with E-state index in [1.807, 2.05) is 13.0 Å². The van der Waals surface area contributed by atoms with E-state index >= 15 is 0 Å². The van der Waals surface area contributed by atoms with Crippen molar-refractivity contribution in [2.75, 3.05) is 30.4 Å². The van der Waals surface area contributed by atoms with Crippen LogP contribution in [0.4, 0.5) is 24.7 Å². The van der Waals surface area contributed by atoms with Gasteiger partial charge in [0, 0.05) is 31.2 Å². The molecule has 0 spiro atoms. The predicted molar refractivity (Wildman–Crippen MR) is 87.4 cm³/mol. The Morgan fingerprint density at radius 2 is 2.17 bits per heavy atom. The maximum absolute atomic E-state index is 12.5. The van der Waals surface area contributed by atoms with Crippen LogP contribution in [0.5, 0.6) is 0 Å². The topological polar surface area (TPSA) is 31.4 Å². The van der Waals surface area contributed by atoms with Gasteiger partial charge in [0.15, 0.2) is 0 Å². The number of hydrogen-bond acceptors (Lipinski definition) is 4. The first-order valence-corrected chi connectivity index (χ1v) is 8.57. The van der Waals surface area contributed by atoms with Gasteiger partial charge in [-0.3, -0.25) is 4.90 Å². The second-order valence-electron chi connectivity index (χ2n) is 7.45. The van der Waals surface area contributed by atoms with Gasteiger partial charge in [0.25, 0.3) is 0 Å². The number of aromatic nitrogens is 1. The molecule has 0 aliphatic carbocycles. The highest BCUT2D eigenvalue weighted by Gasteiger charge is 2.62. The highest BCUT2D eigenvalue weighted by molar-refractivity contribution is 5.55. The van der Waals surface area contributed by atoms with Crippen molar-refractivity contribution in [3.05, 3.63) is 17.8 Å². The first-order valence-electron chi connectivity index (χ1n) is 8.57. The fraction of sp³-hybridized carbons (Fsp3) is 0.706. The summed E-state index contributed by atoms with van der Waals surface area (Å²) >= 11 is 0. The number of aryl methyl sites for hydroxylation is 1. The Bertz CT molecular complexity index is 647. The third-order valence-corrected chi connectivity index (χ3v) is 6.07. The van der Waals surface area contributed by atoms with Gasteiger partial charge in [-0.05, 0) is 44.7 Å². The number of rotatable bonds is 4. The molecule has 0 amide bonds. The molecule has 1 aromatic rings. The van der Waals surface area contributed by atoms with E-state index in [-0.39, 0.29) is 0 Å².